The SMILES string of the molecule is CC.CC.Cc1ncc(-c2ncn(C)n2)s1. The van der Waals surface area contributed by atoms with Crippen LogP contribution in [0.25, 0.3) is 10.7 Å². The Labute approximate surface area is 101 Å². The molecule has 5 heteroatoms. The average molecular weight is 240 g/mol. The highest BCUT2D eigenvalue weighted by atomic mass is 32.1. The van der Waals surface area contributed by atoms with E-state index >= 15 is 0 Å². The maximum atomic E-state index is 4.17. The van der Waals surface area contributed by atoms with Crippen LogP contribution < -0.4 is 0 Å². The van der Waals surface area contributed by atoms with Crippen molar-refractivity contribution in [1.82, 2.24) is 19.7 Å². The summed E-state index contributed by atoms with van der Waals surface area (Å²) >= 11 is 1.60. The van der Waals surface area contributed by atoms with E-state index in [1.165, 1.54) is 0 Å². The van der Waals surface area contributed by atoms with Gasteiger partial charge in [0.1, 0.15) is 6.33 Å². The molecule has 16 heavy (non-hydrogen) atoms. The first kappa shape index (κ1) is 14.8. The molecule has 0 bridgehead atoms. The quantitative estimate of drug-likeness (QED) is 0.768. The first-order chi connectivity index (χ1) is 7.75. The Hall–Kier alpha value is -1.23. The molecule has 0 radical (unpaired) electrons. The van der Waals surface area contributed by atoms with Gasteiger partial charge in [0, 0.05) is 13.2 Å². The molecule has 0 fully saturated rings. The maximum Gasteiger partial charge on any atom is 0.192 e. The van der Waals surface area contributed by atoms with Crippen LogP contribution in [0.4, 0.5) is 0 Å². The average Bonchev–Trinajstić information content (AvgIpc) is 2.93. The van der Waals surface area contributed by atoms with Crippen LogP contribution in [0, 0.1) is 6.92 Å². The van der Waals surface area contributed by atoms with E-state index in [4.69, 9.17) is 0 Å². The summed E-state index contributed by atoms with van der Waals surface area (Å²) in [5.74, 6) is 0.753. The summed E-state index contributed by atoms with van der Waals surface area (Å²) in [4.78, 5) is 9.27. The largest absolute Gasteiger partial charge is 0.255 e. The van der Waals surface area contributed by atoms with Gasteiger partial charge in [0.05, 0.1) is 9.88 Å². The lowest BCUT2D eigenvalue weighted by atomic mass is 10.5. The lowest BCUT2D eigenvalue weighted by Gasteiger charge is -1.83. The van der Waals surface area contributed by atoms with Gasteiger partial charge in [-0.25, -0.2) is 9.97 Å². The third kappa shape index (κ3) is 4.10. The predicted molar refractivity (Wildman–Crippen MR) is 69.5 cm³/mol. The van der Waals surface area contributed by atoms with Gasteiger partial charge in [-0.1, -0.05) is 27.7 Å². The number of aromatic nitrogens is 4. The monoisotopic (exact) mass is 240 g/mol. The summed E-state index contributed by atoms with van der Waals surface area (Å²) in [6, 6.07) is 0. The van der Waals surface area contributed by atoms with Crippen LogP contribution in [0.15, 0.2) is 12.5 Å². The van der Waals surface area contributed by atoms with E-state index in [0.717, 1.165) is 15.7 Å². The van der Waals surface area contributed by atoms with Gasteiger partial charge < -0.3 is 0 Å². The Kier molecular flexibility index (Phi) is 7.37. The summed E-state index contributed by atoms with van der Waals surface area (Å²) in [6.07, 6.45) is 3.49. The fourth-order valence-corrected chi connectivity index (χ4v) is 1.63. The smallest absolute Gasteiger partial charge is 0.192 e. The number of hydrogen-bond donors (Lipinski definition) is 0. The standard InChI is InChI=1S/C7H8N4S.2C2H6/c1-5-8-3-6(12-5)7-9-4-11(2)10-7;2*1-2/h3-4H,1-2H3;2*1-2H3. The molecule has 2 aromatic rings. The van der Waals surface area contributed by atoms with Gasteiger partial charge in [0.25, 0.3) is 0 Å². The van der Waals surface area contributed by atoms with Crippen molar-refractivity contribution in [3.05, 3.63) is 17.5 Å². The Morgan fingerprint density at radius 3 is 2.12 bits per heavy atom. The van der Waals surface area contributed by atoms with Gasteiger partial charge in [0.2, 0.25) is 0 Å². The van der Waals surface area contributed by atoms with Crippen molar-refractivity contribution in [1.29, 1.82) is 0 Å². The first-order valence-corrected chi connectivity index (χ1v) is 6.36. The van der Waals surface area contributed by atoms with Crippen LogP contribution in [0.5, 0.6) is 0 Å². The van der Waals surface area contributed by atoms with E-state index in [1.54, 1.807) is 28.5 Å². The summed E-state index contributed by atoms with van der Waals surface area (Å²) in [6.45, 7) is 9.97. The van der Waals surface area contributed by atoms with Crippen LogP contribution in [0.1, 0.15) is 32.7 Å². The number of hydrogen-bond acceptors (Lipinski definition) is 4. The van der Waals surface area contributed by atoms with Gasteiger partial charge >= 0.3 is 0 Å². The van der Waals surface area contributed by atoms with Crippen molar-refractivity contribution >= 4 is 11.3 Å². The van der Waals surface area contributed by atoms with Gasteiger partial charge in [-0.15, -0.1) is 11.3 Å². The molecule has 0 atom stereocenters. The summed E-state index contributed by atoms with van der Waals surface area (Å²) in [7, 11) is 1.85. The summed E-state index contributed by atoms with van der Waals surface area (Å²) < 4.78 is 1.68. The van der Waals surface area contributed by atoms with Crippen LogP contribution >= 0.6 is 11.3 Å². The normalized spacial score (nSPS) is 8.62. The summed E-state index contributed by atoms with van der Waals surface area (Å²) in [5.41, 5.74) is 0. The minimum atomic E-state index is 0.753. The zero-order valence-electron chi connectivity index (χ0n) is 10.9. The molecule has 4 nitrogen and oxygen atoms in total. The predicted octanol–water partition coefficient (Wildman–Crippen LogP) is 3.30. The Morgan fingerprint density at radius 1 is 1.12 bits per heavy atom. The maximum absolute atomic E-state index is 4.17. The number of aryl methyl sites for hydroxylation is 2. The molecule has 2 heterocycles. The molecule has 2 rings (SSSR count). The molecule has 2 aromatic heterocycles. The van der Waals surface area contributed by atoms with Crippen molar-refractivity contribution in [3.63, 3.8) is 0 Å². The van der Waals surface area contributed by atoms with Crippen molar-refractivity contribution < 1.29 is 0 Å². The number of nitrogens with zero attached hydrogens (tertiary/aromatic N) is 4. The fraction of sp³-hybridized carbons (Fsp3) is 0.545. The highest BCUT2D eigenvalue weighted by Gasteiger charge is 2.05. The molecule has 0 saturated carbocycles. The zero-order chi connectivity index (χ0) is 12.6. The first-order valence-electron chi connectivity index (χ1n) is 5.54. The van der Waals surface area contributed by atoms with Gasteiger partial charge in [-0.2, -0.15) is 5.10 Å². The highest BCUT2D eigenvalue weighted by molar-refractivity contribution is 7.14. The van der Waals surface area contributed by atoms with Gasteiger partial charge in [-0.05, 0) is 6.92 Å². The number of thiazole rings is 1. The molecule has 0 aliphatic rings. The second kappa shape index (κ2) is 7.98. The topological polar surface area (TPSA) is 43.6 Å². The lowest BCUT2D eigenvalue weighted by Crippen LogP contribution is -1.86. The minimum absolute atomic E-state index is 0.753. The Bertz CT molecular complexity index is 354. The van der Waals surface area contributed by atoms with Crippen LogP contribution in [0.2, 0.25) is 0 Å². The molecular formula is C11H20N4S. The molecule has 0 spiro atoms. The molecule has 0 amide bonds. The Morgan fingerprint density at radius 2 is 1.75 bits per heavy atom. The second-order valence-corrected chi connectivity index (χ2v) is 3.72. The molecule has 0 unspecified atom stereocenters. The van der Waals surface area contributed by atoms with E-state index < -0.39 is 0 Å². The van der Waals surface area contributed by atoms with E-state index in [2.05, 4.69) is 15.1 Å². The van der Waals surface area contributed by atoms with E-state index in [0.29, 0.717) is 0 Å². The van der Waals surface area contributed by atoms with Crippen LogP contribution in [0.3, 0.4) is 0 Å². The van der Waals surface area contributed by atoms with Crippen molar-refractivity contribution in [2.24, 2.45) is 7.05 Å². The summed E-state index contributed by atoms with van der Waals surface area (Å²) in [5, 5.41) is 5.21. The second-order valence-electron chi connectivity index (χ2n) is 2.49. The fourth-order valence-electron chi connectivity index (χ4n) is 0.917. The van der Waals surface area contributed by atoms with E-state index in [9.17, 15) is 0 Å². The molecule has 0 aliphatic heterocycles. The molecule has 0 aromatic carbocycles. The van der Waals surface area contributed by atoms with Crippen LogP contribution in [-0.2, 0) is 7.05 Å². The van der Waals surface area contributed by atoms with Crippen molar-refractivity contribution in [3.8, 4) is 10.7 Å². The van der Waals surface area contributed by atoms with Gasteiger partial charge in [-0.3, -0.25) is 4.68 Å². The lowest BCUT2D eigenvalue weighted by molar-refractivity contribution is 0.768. The third-order valence-electron chi connectivity index (χ3n) is 1.44. The van der Waals surface area contributed by atoms with Crippen LogP contribution in [-0.4, -0.2) is 19.7 Å². The molecule has 0 saturated heterocycles. The van der Waals surface area contributed by atoms with Gasteiger partial charge in [0.15, 0.2) is 5.82 Å². The molecular weight excluding hydrogens is 220 g/mol. The molecule has 0 aliphatic carbocycles. The minimum Gasteiger partial charge on any atom is -0.255 e. The highest BCUT2D eigenvalue weighted by Crippen LogP contribution is 2.21. The third-order valence-corrected chi connectivity index (χ3v) is 2.35. The van der Waals surface area contributed by atoms with Crippen molar-refractivity contribution in [2.75, 3.05) is 0 Å². The Balaban J connectivity index is 0.000000509. The van der Waals surface area contributed by atoms with E-state index in [-0.39, 0.29) is 0 Å². The molecule has 90 valence electrons. The molecule has 0 N–H and O–H groups in total. The zero-order valence-corrected chi connectivity index (χ0v) is 11.7. The van der Waals surface area contributed by atoms with Crippen molar-refractivity contribution in [2.45, 2.75) is 34.6 Å². The van der Waals surface area contributed by atoms with E-state index in [1.807, 2.05) is 41.7 Å². The number of rotatable bonds is 1.